The molecule has 0 aromatic heterocycles. The molecule has 30 heavy (non-hydrogen) atoms. The van der Waals surface area contributed by atoms with Crippen LogP contribution in [0.25, 0.3) is 0 Å². The quantitative estimate of drug-likeness (QED) is 0.742. The number of hydrogen-bond donors (Lipinski definition) is 1. The van der Waals surface area contributed by atoms with Crippen molar-refractivity contribution in [2.75, 3.05) is 13.1 Å². The molecular formula is C24H32N2O3S. The van der Waals surface area contributed by atoms with Gasteiger partial charge in [-0.3, -0.25) is 4.79 Å². The van der Waals surface area contributed by atoms with Crippen molar-refractivity contribution >= 4 is 15.9 Å². The highest BCUT2D eigenvalue weighted by Crippen LogP contribution is 2.24. The first-order chi connectivity index (χ1) is 14.1. The highest BCUT2D eigenvalue weighted by Gasteiger charge is 2.25. The summed E-state index contributed by atoms with van der Waals surface area (Å²) in [5.41, 5.74) is 3.61. The van der Waals surface area contributed by atoms with Crippen LogP contribution in [0.4, 0.5) is 0 Å². The minimum absolute atomic E-state index is 0.0224. The van der Waals surface area contributed by atoms with Gasteiger partial charge < -0.3 is 5.32 Å². The van der Waals surface area contributed by atoms with Gasteiger partial charge in [0.25, 0.3) is 5.91 Å². The topological polar surface area (TPSA) is 66.5 Å². The third kappa shape index (κ3) is 5.49. The third-order valence-electron chi connectivity index (χ3n) is 5.65. The van der Waals surface area contributed by atoms with E-state index in [0.717, 1.165) is 18.4 Å². The van der Waals surface area contributed by atoms with Crippen LogP contribution in [-0.2, 0) is 21.2 Å². The smallest absolute Gasteiger partial charge is 0.251 e. The first-order valence-corrected chi connectivity index (χ1v) is 12.2. The van der Waals surface area contributed by atoms with Crippen LogP contribution in [0, 0.1) is 0 Å². The molecule has 1 aliphatic heterocycles. The summed E-state index contributed by atoms with van der Waals surface area (Å²) in [5.74, 6) is -0.192. The van der Waals surface area contributed by atoms with Crippen LogP contribution in [0.5, 0.6) is 0 Å². The van der Waals surface area contributed by atoms with Crippen molar-refractivity contribution in [1.82, 2.24) is 9.62 Å². The molecule has 1 saturated heterocycles. The van der Waals surface area contributed by atoms with Gasteiger partial charge in [-0.15, -0.1) is 0 Å². The molecule has 0 radical (unpaired) electrons. The summed E-state index contributed by atoms with van der Waals surface area (Å²) in [6.07, 6.45) is 1.85. The normalized spacial score (nSPS) is 16.4. The minimum Gasteiger partial charge on any atom is -0.346 e. The number of rotatable bonds is 6. The van der Waals surface area contributed by atoms with Gasteiger partial charge in [-0.2, -0.15) is 0 Å². The maximum atomic E-state index is 12.6. The van der Waals surface area contributed by atoms with Gasteiger partial charge in [0.15, 0.2) is 0 Å². The maximum Gasteiger partial charge on any atom is 0.251 e. The number of nitrogens with zero attached hydrogens (tertiary/aromatic N) is 1. The van der Waals surface area contributed by atoms with Crippen LogP contribution < -0.4 is 5.32 Å². The molecule has 5 nitrogen and oxygen atoms in total. The molecular weight excluding hydrogens is 396 g/mol. The molecule has 1 fully saturated rings. The number of carbonyl (C=O) groups is 1. The van der Waals surface area contributed by atoms with Crippen molar-refractivity contribution in [2.45, 2.75) is 57.7 Å². The van der Waals surface area contributed by atoms with Gasteiger partial charge in [-0.05, 0) is 54.0 Å². The Balaban J connectivity index is 1.61. The Morgan fingerprint density at radius 2 is 1.57 bits per heavy atom. The molecule has 2 aromatic carbocycles. The lowest BCUT2D eigenvalue weighted by atomic mass is 9.86. The molecule has 0 spiro atoms. The average Bonchev–Trinajstić information content (AvgIpc) is 3.23. The second kappa shape index (κ2) is 8.90. The van der Waals surface area contributed by atoms with E-state index in [4.69, 9.17) is 0 Å². The SMILES string of the molecule is C[C@H](NC(=O)c1ccc(CS(=O)(=O)N2CCCC2)cc1)c1ccc(C(C)(C)C)cc1. The summed E-state index contributed by atoms with van der Waals surface area (Å²) in [6.45, 7) is 9.70. The predicted molar refractivity (Wildman–Crippen MR) is 121 cm³/mol. The Morgan fingerprint density at radius 3 is 2.10 bits per heavy atom. The zero-order valence-corrected chi connectivity index (χ0v) is 19.1. The largest absolute Gasteiger partial charge is 0.346 e. The fraction of sp³-hybridized carbons (Fsp3) is 0.458. The van der Waals surface area contributed by atoms with E-state index in [2.05, 4.69) is 50.4 Å². The van der Waals surface area contributed by atoms with Crippen LogP contribution in [0.2, 0.25) is 0 Å². The number of sulfonamides is 1. The van der Waals surface area contributed by atoms with E-state index in [-0.39, 0.29) is 23.1 Å². The lowest BCUT2D eigenvalue weighted by Crippen LogP contribution is -2.29. The number of carbonyl (C=O) groups excluding carboxylic acids is 1. The Hall–Kier alpha value is -2.18. The molecule has 1 N–H and O–H groups in total. The number of hydrogen-bond acceptors (Lipinski definition) is 3. The van der Waals surface area contributed by atoms with E-state index >= 15 is 0 Å². The van der Waals surface area contributed by atoms with Gasteiger partial charge in [0.1, 0.15) is 0 Å². The van der Waals surface area contributed by atoms with Crippen LogP contribution in [0.15, 0.2) is 48.5 Å². The van der Waals surface area contributed by atoms with Gasteiger partial charge in [0, 0.05) is 18.7 Å². The van der Waals surface area contributed by atoms with Crippen LogP contribution in [0.3, 0.4) is 0 Å². The van der Waals surface area contributed by atoms with Gasteiger partial charge >= 0.3 is 0 Å². The zero-order valence-electron chi connectivity index (χ0n) is 18.3. The number of nitrogens with one attached hydrogen (secondary N) is 1. The van der Waals surface area contributed by atoms with Crippen molar-refractivity contribution in [3.8, 4) is 0 Å². The highest BCUT2D eigenvalue weighted by atomic mass is 32.2. The van der Waals surface area contributed by atoms with Crippen molar-refractivity contribution < 1.29 is 13.2 Å². The molecule has 0 unspecified atom stereocenters. The lowest BCUT2D eigenvalue weighted by Gasteiger charge is -2.21. The number of benzene rings is 2. The van der Waals surface area contributed by atoms with E-state index < -0.39 is 10.0 Å². The van der Waals surface area contributed by atoms with Crippen LogP contribution >= 0.6 is 0 Å². The van der Waals surface area contributed by atoms with E-state index in [0.29, 0.717) is 24.2 Å². The molecule has 6 heteroatoms. The Kier molecular flexibility index (Phi) is 6.68. The van der Waals surface area contributed by atoms with Crippen LogP contribution in [0.1, 0.15) is 73.6 Å². The fourth-order valence-electron chi connectivity index (χ4n) is 3.66. The zero-order chi connectivity index (χ0) is 21.9. The van der Waals surface area contributed by atoms with Gasteiger partial charge in [0.05, 0.1) is 11.8 Å². The molecule has 162 valence electrons. The molecule has 1 atom stereocenters. The summed E-state index contributed by atoms with van der Waals surface area (Å²) < 4.78 is 26.5. The van der Waals surface area contributed by atoms with Gasteiger partial charge in [0.2, 0.25) is 10.0 Å². The van der Waals surface area contributed by atoms with Crippen molar-refractivity contribution in [3.63, 3.8) is 0 Å². The Bertz CT molecular complexity index is 969. The van der Waals surface area contributed by atoms with Crippen LogP contribution in [-0.4, -0.2) is 31.7 Å². The lowest BCUT2D eigenvalue weighted by molar-refractivity contribution is 0.0940. The summed E-state index contributed by atoms with van der Waals surface area (Å²) in [6, 6.07) is 15.0. The Morgan fingerprint density at radius 1 is 1.00 bits per heavy atom. The second-order valence-electron chi connectivity index (χ2n) is 9.13. The highest BCUT2D eigenvalue weighted by molar-refractivity contribution is 7.88. The predicted octanol–water partition coefficient (Wildman–Crippen LogP) is 4.40. The standard InChI is InChI=1S/C24H32N2O3S/c1-18(20-11-13-22(14-12-20)24(2,3)4)25-23(27)21-9-7-19(8-10-21)17-30(28,29)26-15-5-6-16-26/h7-14,18H,5-6,15-17H2,1-4H3,(H,25,27)/t18-/m0/s1. The molecule has 0 saturated carbocycles. The van der Waals surface area contributed by atoms with Gasteiger partial charge in [-0.25, -0.2) is 12.7 Å². The van der Waals surface area contributed by atoms with E-state index in [1.54, 1.807) is 28.6 Å². The van der Waals surface area contributed by atoms with E-state index in [9.17, 15) is 13.2 Å². The number of amides is 1. The van der Waals surface area contributed by atoms with Crippen molar-refractivity contribution in [2.24, 2.45) is 0 Å². The maximum absolute atomic E-state index is 12.6. The summed E-state index contributed by atoms with van der Waals surface area (Å²) in [5, 5.41) is 3.02. The van der Waals surface area contributed by atoms with E-state index in [1.807, 2.05) is 6.92 Å². The summed E-state index contributed by atoms with van der Waals surface area (Å²) in [4.78, 5) is 12.6. The first-order valence-electron chi connectivity index (χ1n) is 10.5. The third-order valence-corrected chi connectivity index (χ3v) is 7.50. The second-order valence-corrected chi connectivity index (χ2v) is 11.1. The Labute approximate surface area is 180 Å². The molecule has 3 rings (SSSR count). The van der Waals surface area contributed by atoms with E-state index in [1.165, 1.54) is 5.56 Å². The molecule has 1 aliphatic rings. The molecule has 1 heterocycles. The van der Waals surface area contributed by atoms with Crippen molar-refractivity contribution in [3.05, 3.63) is 70.8 Å². The molecule has 0 bridgehead atoms. The minimum atomic E-state index is -3.28. The summed E-state index contributed by atoms with van der Waals surface area (Å²) in [7, 11) is -3.28. The summed E-state index contributed by atoms with van der Waals surface area (Å²) >= 11 is 0. The molecule has 2 aromatic rings. The average molecular weight is 429 g/mol. The van der Waals surface area contributed by atoms with Gasteiger partial charge in [-0.1, -0.05) is 57.2 Å². The molecule has 1 amide bonds. The monoisotopic (exact) mass is 428 g/mol. The first kappa shape index (κ1) is 22.5. The molecule has 0 aliphatic carbocycles. The van der Waals surface area contributed by atoms with Crippen molar-refractivity contribution in [1.29, 1.82) is 0 Å². The fourth-order valence-corrected chi connectivity index (χ4v) is 5.27.